The normalized spacial score (nSPS) is 15.0. The zero-order chi connectivity index (χ0) is 17.2. The Labute approximate surface area is 133 Å². The van der Waals surface area contributed by atoms with Crippen LogP contribution in [0.3, 0.4) is 0 Å². The van der Waals surface area contributed by atoms with E-state index in [0.29, 0.717) is 13.1 Å². The van der Waals surface area contributed by atoms with Crippen LogP contribution in [0.5, 0.6) is 0 Å². The van der Waals surface area contributed by atoms with E-state index in [0.717, 1.165) is 12.1 Å². The van der Waals surface area contributed by atoms with E-state index in [1.165, 1.54) is 4.90 Å². The average molecular weight is 323 g/mol. The Bertz CT molecular complexity index is 621. The van der Waals surface area contributed by atoms with Crippen molar-refractivity contribution >= 4 is 6.09 Å². The fourth-order valence-electron chi connectivity index (χ4n) is 2.17. The first-order chi connectivity index (χ1) is 10.7. The lowest BCUT2D eigenvalue weighted by Crippen LogP contribution is -2.60. The van der Waals surface area contributed by atoms with Crippen LogP contribution in [0.25, 0.3) is 0 Å². The van der Waals surface area contributed by atoms with Gasteiger partial charge in [-0.25, -0.2) is 13.6 Å². The lowest BCUT2D eigenvalue weighted by molar-refractivity contribution is 0.00512. The molecule has 1 amide bonds. The van der Waals surface area contributed by atoms with Gasteiger partial charge in [0.15, 0.2) is 0 Å². The SMILES string of the molecule is CC(C)(C)OC(=O)N1CC(NCc2c(F)cc(C#N)cc2F)C1. The number of benzene rings is 1. The van der Waals surface area contributed by atoms with Crippen LogP contribution in [0.4, 0.5) is 13.6 Å². The van der Waals surface area contributed by atoms with E-state index in [1.54, 1.807) is 26.8 Å². The minimum Gasteiger partial charge on any atom is -0.444 e. The number of hydrogen-bond acceptors (Lipinski definition) is 4. The highest BCUT2D eigenvalue weighted by Crippen LogP contribution is 2.18. The lowest BCUT2D eigenvalue weighted by Gasteiger charge is -2.40. The lowest BCUT2D eigenvalue weighted by atomic mass is 10.1. The largest absolute Gasteiger partial charge is 0.444 e. The molecule has 5 nitrogen and oxygen atoms in total. The Balaban J connectivity index is 1.84. The second-order valence-electron chi connectivity index (χ2n) is 6.49. The van der Waals surface area contributed by atoms with Crippen molar-refractivity contribution in [3.05, 3.63) is 34.9 Å². The molecule has 1 heterocycles. The van der Waals surface area contributed by atoms with Crippen LogP contribution in [0.2, 0.25) is 0 Å². The van der Waals surface area contributed by atoms with E-state index in [2.05, 4.69) is 5.32 Å². The van der Waals surface area contributed by atoms with Gasteiger partial charge in [-0.15, -0.1) is 0 Å². The molecule has 0 radical (unpaired) electrons. The third-order valence-electron chi connectivity index (χ3n) is 3.37. The van der Waals surface area contributed by atoms with Crippen LogP contribution in [-0.2, 0) is 11.3 Å². The molecule has 1 aromatic carbocycles. The first kappa shape index (κ1) is 17.2. The highest BCUT2D eigenvalue weighted by Gasteiger charge is 2.33. The maximum Gasteiger partial charge on any atom is 0.410 e. The molecule has 124 valence electrons. The third-order valence-corrected chi connectivity index (χ3v) is 3.37. The number of carbonyl (C=O) groups is 1. The molecular weight excluding hydrogens is 304 g/mol. The Morgan fingerprint density at radius 3 is 2.43 bits per heavy atom. The quantitative estimate of drug-likeness (QED) is 0.928. The molecule has 1 aliphatic rings. The zero-order valence-corrected chi connectivity index (χ0v) is 13.3. The van der Waals surface area contributed by atoms with Crippen molar-refractivity contribution in [2.45, 2.75) is 39.0 Å². The van der Waals surface area contributed by atoms with Crippen LogP contribution in [0.15, 0.2) is 12.1 Å². The predicted molar refractivity (Wildman–Crippen MR) is 79.5 cm³/mol. The molecule has 0 aromatic heterocycles. The van der Waals surface area contributed by atoms with Gasteiger partial charge in [0, 0.05) is 31.2 Å². The number of carbonyl (C=O) groups excluding carboxylic acids is 1. The monoisotopic (exact) mass is 323 g/mol. The summed E-state index contributed by atoms with van der Waals surface area (Å²) < 4.78 is 32.7. The van der Waals surface area contributed by atoms with Crippen molar-refractivity contribution in [3.8, 4) is 6.07 Å². The first-order valence-electron chi connectivity index (χ1n) is 7.29. The Kier molecular flexibility index (Phi) is 4.85. The fraction of sp³-hybridized carbons (Fsp3) is 0.500. The number of nitriles is 1. The molecule has 1 aliphatic heterocycles. The van der Waals surface area contributed by atoms with E-state index in [-0.39, 0.29) is 23.7 Å². The fourth-order valence-corrected chi connectivity index (χ4v) is 2.17. The predicted octanol–water partition coefficient (Wildman–Crippen LogP) is 2.55. The summed E-state index contributed by atoms with van der Waals surface area (Å²) in [5, 5.41) is 11.6. The number of rotatable bonds is 3. The van der Waals surface area contributed by atoms with E-state index >= 15 is 0 Å². The average Bonchev–Trinajstić information content (AvgIpc) is 2.36. The van der Waals surface area contributed by atoms with Gasteiger partial charge in [0.1, 0.15) is 17.2 Å². The van der Waals surface area contributed by atoms with Crippen molar-refractivity contribution in [2.75, 3.05) is 13.1 Å². The Morgan fingerprint density at radius 2 is 1.96 bits per heavy atom. The van der Waals surface area contributed by atoms with Crippen LogP contribution in [0, 0.1) is 23.0 Å². The zero-order valence-electron chi connectivity index (χ0n) is 13.3. The van der Waals surface area contributed by atoms with Gasteiger partial charge in [0.25, 0.3) is 0 Å². The van der Waals surface area contributed by atoms with Gasteiger partial charge in [-0.2, -0.15) is 5.26 Å². The number of nitrogens with one attached hydrogen (secondary N) is 1. The van der Waals surface area contributed by atoms with Crippen LogP contribution >= 0.6 is 0 Å². The highest BCUT2D eigenvalue weighted by molar-refractivity contribution is 5.69. The van der Waals surface area contributed by atoms with Crippen LogP contribution in [-0.4, -0.2) is 35.7 Å². The summed E-state index contributed by atoms with van der Waals surface area (Å²) in [6.07, 6.45) is -0.397. The summed E-state index contributed by atoms with van der Waals surface area (Å²) in [6.45, 7) is 6.21. The number of likely N-dealkylation sites (tertiary alicyclic amines) is 1. The molecule has 1 aromatic rings. The topological polar surface area (TPSA) is 65.4 Å². The minimum absolute atomic E-state index is 0.00377. The first-order valence-corrected chi connectivity index (χ1v) is 7.29. The van der Waals surface area contributed by atoms with E-state index < -0.39 is 23.3 Å². The van der Waals surface area contributed by atoms with Crippen LogP contribution in [0.1, 0.15) is 31.9 Å². The Hall–Kier alpha value is -2.20. The van der Waals surface area contributed by atoms with Crippen molar-refractivity contribution in [1.82, 2.24) is 10.2 Å². The summed E-state index contributed by atoms with van der Waals surface area (Å²) in [7, 11) is 0. The van der Waals surface area contributed by atoms with Gasteiger partial charge in [-0.3, -0.25) is 0 Å². The third kappa shape index (κ3) is 4.39. The standard InChI is InChI=1S/C16H19F2N3O2/c1-16(2,3)23-15(22)21-8-11(9-21)20-7-12-13(17)4-10(6-19)5-14(12)18/h4-5,11,20H,7-9H2,1-3H3. The van der Waals surface area contributed by atoms with Gasteiger partial charge in [0.05, 0.1) is 11.6 Å². The second kappa shape index (κ2) is 6.50. The van der Waals surface area contributed by atoms with E-state index in [9.17, 15) is 13.6 Å². The summed E-state index contributed by atoms with van der Waals surface area (Å²) in [5.41, 5.74) is -0.715. The molecule has 0 bridgehead atoms. The molecule has 23 heavy (non-hydrogen) atoms. The van der Waals surface area contributed by atoms with Gasteiger partial charge >= 0.3 is 6.09 Å². The number of amides is 1. The molecule has 0 atom stereocenters. The van der Waals surface area contributed by atoms with Crippen molar-refractivity contribution in [3.63, 3.8) is 0 Å². The van der Waals surface area contributed by atoms with Crippen LogP contribution < -0.4 is 5.32 Å². The maximum absolute atomic E-state index is 13.7. The molecule has 1 saturated heterocycles. The van der Waals surface area contributed by atoms with Gasteiger partial charge < -0.3 is 15.0 Å². The molecule has 7 heteroatoms. The molecule has 0 aliphatic carbocycles. The maximum atomic E-state index is 13.7. The number of nitrogens with zero attached hydrogens (tertiary/aromatic N) is 2. The number of ether oxygens (including phenoxy) is 1. The van der Waals surface area contributed by atoms with E-state index in [4.69, 9.17) is 10.00 Å². The minimum atomic E-state index is -0.752. The summed E-state index contributed by atoms with van der Waals surface area (Å²) in [5.74, 6) is -1.50. The summed E-state index contributed by atoms with van der Waals surface area (Å²) >= 11 is 0. The summed E-state index contributed by atoms with van der Waals surface area (Å²) in [6, 6.07) is 3.67. The van der Waals surface area contributed by atoms with Crippen molar-refractivity contribution in [1.29, 1.82) is 5.26 Å². The molecule has 0 saturated carbocycles. The van der Waals surface area contributed by atoms with E-state index in [1.807, 2.05) is 0 Å². The highest BCUT2D eigenvalue weighted by atomic mass is 19.1. The van der Waals surface area contributed by atoms with Gasteiger partial charge in [-0.05, 0) is 32.9 Å². The summed E-state index contributed by atoms with van der Waals surface area (Å²) in [4.78, 5) is 13.3. The number of hydrogen-bond donors (Lipinski definition) is 1. The van der Waals surface area contributed by atoms with Gasteiger partial charge in [-0.1, -0.05) is 0 Å². The molecular formula is C16H19F2N3O2. The van der Waals surface area contributed by atoms with Crippen molar-refractivity contribution in [2.24, 2.45) is 0 Å². The van der Waals surface area contributed by atoms with Gasteiger partial charge in [0.2, 0.25) is 0 Å². The Morgan fingerprint density at radius 1 is 1.39 bits per heavy atom. The smallest absolute Gasteiger partial charge is 0.410 e. The second-order valence-corrected chi connectivity index (χ2v) is 6.49. The molecule has 1 fully saturated rings. The number of halogens is 2. The molecule has 2 rings (SSSR count). The molecule has 0 unspecified atom stereocenters. The molecule has 0 spiro atoms. The van der Waals surface area contributed by atoms with Crippen molar-refractivity contribution < 1.29 is 18.3 Å². The molecule has 1 N–H and O–H groups in total.